The largest absolute Gasteiger partial charge is 0.396 e. The van der Waals surface area contributed by atoms with Crippen molar-refractivity contribution in [2.45, 2.75) is 32.9 Å². The number of nitrogens with one attached hydrogen (secondary N) is 1. The molecule has 1 unspecified atom stereocenters. The standard InChI is InChI=1S/C15H24N8O/c1-3-23-13(18)12(8(2)21-23)19-14-10(16)6-11(17)15(20-14)22-5-4-9(24)7-22/h6,9,24H,3-5,7,16-18H2,1-2H3,(H,19,20). The highest BCUT2D eigenvalue weighted by Gasteiger charge is 2.24. The van der Waals surface area contributed by atoms with E-state index in [1.807, 2.05) is 18.7 Å². The van der Waals surface area contributed by atoms with Gasteiger partial charge in [0.2, 0.25) is 0 Å². The number of aliphatic hydroxyl groups excluding tert-OH is 1. The first-order valence-corrected chi connectivity index (χ1v) is 7.99. The molecule has 0 bridgehead atoms. The summed E-state index contributed by atoms with van der Waals surface area (Å²) in [5, 5.41) is 17.3. The number of nitrogen functional groups attached to an aromatic ring is 3. The van der Waals surface area contributed by atoms with Crippen LogP contribution in [0.3, 0.4) is 0 Å². The van der Waals surface area contributed by atoms with Crippen molar-refractivity contribution in [1.82, 2.24) is 14.8 Å². The first kappa shape index (κ1) is 16.2. The summed E-state index contributed by atoms with van der Waals surface area (Å²) >= 11 is 0. The summed E-state index contributed by atoms with van der Waals surface area (Å²) in [5.74, 6) is 1.62. The Balaban J connectivity index is 1.95. The maximum Gasteiger partial charge on any atom is 0.156 e. The minimum atomic E-state index is -0.360. The van der Waals surface area contributed by atoms with Gasteiger partial charge >= 0.3 is 0 Å². The van der Waals surface area contributed by atoms with Crippen LogP contribution in [0.5, 0.6) is 0 Å². The third-order valence-corrected chi connectivity index (χ3v) is 4.23. The molecule has 3 rings (SSSR count). The minimum absolute atomic E-state index is 0.360. The highest BCUT2D eigenvalue weighted by atomic mass is 16.3. The second-order valence-electron chi connectivity index (χ2n) is 6.01. The van der Waals surface area contributed by atoms with Gasteiger partial charge in [-0.3, -0.25) is 0 Å². The first-order valence-electron chi connectivity index (χ1n) is 7.99. The molecule has 0 radical (unpaired) electrons. The number of aromatic nitrogens is 3. The molecule has 0 spiro atoms. The van der Waals surface area contributed by atoms with Crippen LogP contribution in [0.2, 0.25) is 0 Å². The fourth-order valence-corrected chi connectivity index (χ4v) is 2.94. The van der Waals surface area contributed by atoms with Crippen LogP contribution < -0.4 is 27.4 Å². The summed E-state index contributed by atoms with van der Waals surface area (Å²) in [6.45, 7) is 5.73. The van der Waals surface area contributed by atoms with Gasteiger partial charge < -0.3 is 32.5 Å². The third kappa shape index (κ3) is 2.78. The number of hydrogen-bond acceptors (Lipinski definition) is 8. The first-order chi connectivity index (χ1) is 11.4. The van der Waals surface area contributed by atoms with Crippen LogP contribution in [0.25, 0.3) is 0 Å². The maximum atomic E-state index is 9.74. The molecule has 24 heavy (non-hydrogen) atoms. The molecule has 8 N–H and O–H groups in total. The van der Waals surface area contributed by atoms with Crippen LogP contribution in [0, 0.1) is 6.92 Å². The molecule has 1 fully saturated rings. The SMILES string of the molecule is CCn1nc(C)c(Nc2nc(N3CCC(O)C3)c(N)cc2N)c1N. The van der Waals surface area contributed by atoms with Crippen molar-refractivity contribution in [3.05, 3.63) is 11.8 Å². The van der Waals surface area contributed by atoms with Gasteiger partial charge in [-0.15, -0.1) is 0 Å². The van der Waals surface area contributed by atoms with Gasteiger partial charge in [0.1, 0.15) is 11.5 Å². The molecular weight excluding hydrogens is 308 g/mol. The lowest BCUT2D eigenvalue weighted by molar-refractivity contribution is 0.198. The predicted molar refractivity (Wildman–Crippen MR) is 96.2 cm³/mol. The topological polar surface area (TPSA) is 144 Å². The van der Waals surface area contributed by atoms with Gasteiger partial charge in [-0.05, 0) is 26.3 Å². The number of nitrogens with zero attached hydrogens (tertiary/aromatic N) is 4. The van der Waals surface area contributed by atoms with Crippen LogP contribution >= 0.6 is 0 Å². The molecule has 2 aromatic rings. The minimum Gasteiger partial charge on any atom is -0.396 e. The average Bonchev–Trinajstić information content (AvgIpc) is 3.07. The number of aryl methyl sites for hydroxylation is 2. The van der Waals surface area contributed by atoms with Crippen molar-refractivity contribution in [3.8, 4) is 0 Å². The van der Waals surface area contributed by atoms with Gasteiger partial charge in [0.15, 0.2) is 11.6 Å². The van der Waals surface area contributed by atoms with E-state index >= 15 is 0 Å². The van der Waals surface area contributed by atoms with E-state index in [1.54, 1.807) is 10.7 Å². The molecule has 2 aromatic heterocycles. The monoisotopic (exact) mass is 332 g/mol. The predicted octanol–water partition coefficient (Wildman–Crippen LogP) is 0.668. The highest BCUT2D eigenvalue weighted by molar-refractivity contribution is 5.81. The van der Waals surface area contributed by atoms with E-state index in [-0.39, 0.29) is 6.10 Å². The lowest BCUT2D eigenvalue weighted by atomic mass is 10.3. The zero-order valence-corrected chi connectivity index (χ0v) is 14.0. The van der Waals surface area contributed by atoms with E-state index < -0.39 is 0 Å². The number of rotatable bonds is 4. The molecule has 1 atom stereocenters. The second-order valence-corrected chi connectivity index (χ2v) is 6.01. The molecular formula is C15H24N8O. The normalized spacial score (nSPS) is 17.5. The van der Waals surface area contributed by atoms with Gasteiger partial charge in [-0.25, -0.2) is 9.67 Å². The van der Waals surface area contributed by atoms with E-state index in [9.17, 15) is 5.11 Å². The van der Waals surface area contributed by atoms with E-state index in [1.165, 1.54) is 0 Å². The Morgan fingerprint density at radius 2 is 2.08 bits per heavy atom. The number of hydrogen-bond donors (Lipinski definition) is 5. The molecule has 1 aliphatic rings. The number of aliphatic hydroxyl groups is 1. The molecule has 1 saturated heterocycles. The Bertz CT molecular complexity index is 756. The van der Waals surface area contributed by atoms with E-state index in [4.69, 9.17) is 17.2 Å². The fraction of sp³-hybridized carbons (Fsp3) is 0.467. The Labute approximate surface area is 140 Å². The number of pyridine rings is 1. The van der Waals surface area contributed by atoms with Crippen molar-refractivity contribution in [1.29, 1.82) is 0 Å². The van der Waals surface area contributed by atoms with Gasteiger partial charge in [-0.2, -0.15) is 5.10 Å². The summed E-state index contributed by atoms with van der Waals surface area (Å²) in [6, 6.07) is 1.67. The second kappa shape index (κ2) is 6.08. The smallest absolute Gasteiger partial charge is 0.156 e. The van der Waals surface area contributed by atoms with Crippen molar-refractivity contribution in [3.63, 3.8) is 0 Å². The molecule has 130 valence electrons. The Morgan fingerprint density at radius 1 is 1.33 bits per heavy atom. The van der Waals surface area contributed by atoms with Crippen LogP contribution in [0.4, 0.5) is 34.5 Å². The third-order valence-electron chi connectivity index (χ3n) is 4.23. The molecule has 9 heteroatoms. The van der Waals surface area contributed by atoms with Crippen molar-refractivity contribution in [2.75, 3.05) is 40.5 Å². The van der Waals surface area contributed by atoms with Crippen molar-refractivity contribution >= 4 is 34.5 Å². The number of nitrogens with two attached hydrogens (primary N) is 3. The van der Waals surface area contributed by atoms with Crippen LogP contribution in [-0.2, 0) is 6.54 Å². The summed E-state index contributed by atoms with van der Waals surface area (Å²) < 4.78 is 1.71. The lowest BCUT2D eigenvalue weighted by Gasteiger charge is -2.20. The summed E-state index contributed by atoms with van der Waals surface area (Å²) in [6.07, 6.45) is 0.338. The van der Waals surface area contributed by atoms with Crippen LogP contribution in [0.1, 0.15) is 19.0 Å². The van der Waals surface area contributed by atoms with Crippen LogP contribution in [-0.4, -0.2) is 39.1 Å². The van der Waals surface area contributed by atoms with Gasteiger partial charge in [0.05, 0.1) is 23.2 Å². The Hall–Kier alpha value is -2.68. The zero-order valence-electron chi connectivity index (χ0n) is 14.0. The lowest BCUT2D eigenvalue weighted by Crippen LogP contribution is -2.24. The van der Waals surface area contributed by atoms with Crippen molar-refractivity contribution < 1.29 is 5.11 Å². The fourth-order valence-electron chi connectivity index (χ4n) is 2.94. The molecule has 1 aliphatic heterocycles. The van der Waals surface area contributed by atoms with Crippen LogP contribution in [0.15, 0.2) is 6.07 Å². The average molecular weight is 332 g/mol. The summed E-state index contributed by atoms with van der Waals surface area (Å²) in [7, 11) is 0. The van der Waals surface area contributed by atoms with Crippen molar-refractivity contribution in [2.24, 2.45) is 0 Å². The van der Waals surface area contributed by atoms with E-state index in [2.05, 4.69) is 15.4 Å². The molecule has 9 nitrogen and oxygen atoms in total. The number of β-amino-alcohol motifs (C(OH)–C–C–N with tert-alkyl or cyclic N) is 1. The molecule has 0 amide bonds. The summed E-state index contributed by atoms with van der Waals surface area (Å²) in [4.78, 5) is 6.52. The number of anilines is 6. The van der Waals surface area contributed by atoms with Gasteiger partial charge in [0.25, 0.3) is 0 Å². The molecule has 0 aromatic carbocycles. The molecule has 0 aliphatic carbocycles. The molecule has 3 heterocycles. The van der Waals surface area contributed by atoms with E-state index in [0.29, 0.717) is 60.6 Å². The Kier molecular flexibility index (Phi) is 4.10. The molecule has 0 saturated carbocycles. The quantitative estimate of drug-likeness (QED) is 0.549. The summed E-state index contributed by atoms with van der Waals surface area (Å²) in [5.41, 5.74) is 20.6. The Morgan fingerprint density at radius 3 is 2.67 bits per heavy atom. The highest BCUT2D eigenvalue weighted by Crippen LogP contribution is 2.34. The maximum absolute atomic E-state index is 9.74. The van der Waals surface area contributed by atoms with Gasteiger partial charge in [0, 0.05) is 19.6 Å². The zero-order chi connectivity index (χ0) is 17.4. The van der Waals surface area contributed by atoms with E-state index in [0.717, 1.165) is 5.69 Å². The van der Waals surface area contributed by atoms with Gasteiger partial charge in [-0.1, -0.05) is 0 Å².